The monoisotopic (exact) mass is 526 g/mol. The first-order valence-corrected chi connectivity index (χ1v) is 13.7. The van der Waals surface area contributed by atoms with E-state index < -0.39 is 10.0 Å². The van der Waals surface area contributed by atoms with Crippen molar-refractivity contribution in [2.75, 3.05) is 31.3 Å². The molecular weight excluding hydrogens is 500 g/mol. The summed E-state index contributed by atoms with van der Waals surface area (Å²) in [6.45, 7) is 4.37. The van der Waals surface area contributed by atoms with Gasteiger partial charge in [-0.05, 0) is 48.5 Å². The highest BCUT2D eigenvalue weighted by atomic mass is 32.2. The van der Waals surface area contributed by atoms with E-state index in [4.69, 9.17) is 4.74 Å². The zero-order valence-electron chi connectivity index (χ0n) is 20.1. The molecule has 1 amide bonds. The van der Waals surface area contributed by atoms with Gasteiger partial charge in [0.2, 0.25) is 15.9 Å². The van der Waals surface area contributed by atoms with E-state index in [0.29, 0.717) is 29.5 Å². The number of methoxy groups -OCH3 is 1. The van der Waals surface area contributed by atoms with Crippen molar-refractivity contribution in [3.05, 3.63) is 61.1 Å². The summed E-state index contributed by atoms with van der Waals surface area (Å²) in [5, 5.41) is 8.60. The van der Waals surface area contributed by atoms with Crippen LogP contribution in [-0.2, 0) is 14.8 Å². The van der Waals surface area contributed by atoms with E-state index in [1.807, 2.05) is 24.3 Å². The predicted octanol–water partition coefficient (Wildman–Crippen LogP) is 3.59. The minimum Gasteiger partial charge on any atom is -0.497 e. The van der Waals surface area contributed by atoms with Gasteiger partial charge >= 0.3 is 0 Å². The van der Waals surface area contributed by atoms with Crippen molar-refractivity contribution in [2.24, 2.45) is 0 Å². The molecule has 0 saturated heterocycles. The van der Waals surface area contributed by atoms with Gasteiger partial charge in [0.05, 0.1) is 35.0 Å². The van der Waals surface area contributed by atoms with Gasteiger partial charge in [0.1, 0.15) is 17.1 Å². The maximum Gasteiger partial charge on any atom is 0.243 e. The van der Waals surface area contributed by atoms with Gasteiger partial charge in [-0.15, -0.1) is 0 Å². The lowest BCUT2D eigenvalue weighted by atomic mass is 10.3. The van der Waals surface area contributed by atoms with Gasteiger partial charge in [0.25, 0.3) is 0 Å². The molecule has 1 N–H and O–H groups in total. The van der Waals surface area contributed by atoms with Crippen LogP contribution in [0.2, 0.25) is 0 Å². The second-order valence-corrected chi connectivity index (χ2v) is 10.5. The van der Waals surface area contributed by atoms with Crippen LogP contribution >= 0.6 is 11.8 Å². The summed E-state index contributed by atoms with van der Waals surface area (Å²) in [6.07, 6.45) is 3.12. The van der Waals surface area contributed by atoms with Crippen LogP contribution in [0.5, 0.6) is 5.75 Å². The molecule has 188 valence electrons. The summed E-state index contributed by atoms with van der Waals surface area (Å²) in [6, 6.07) is 13.6. The van der Waals surface area contributed by atoms with Gasteiger partial charge in [-0.3, -0.25) is 4.79 Å². The van der Waals surface area contributed by atoms with Crippen LogP contribution in [-0.4, -0.2) is 64.3 Å². The number of carbonyl (C=O) groups is 1. The highest BCUT2D eigenvalue weighted by molar-refractivity contribution is 8.00. The number of rotatable bonds is 10. The topological polar surface area (TPSA) is 119 Å². The standard InChI is InChI=1S/C24H26N6O4S2/c1-4-29(5-2)36(32,33)20-12-6-17(7-13-20)28-22(31)15-35-24-21-14-27-30(23(21)25-16-26-24)18-8-10-19(34-3)11-9-18/h6-14,16H,4-5,15H2,1-3H3,(H,28,31). The Morgan fingerprint density at radius 1 is 1.06 bits per heavy atom. The van der Waals surface area contributed by atoms with E-state index in [0.717, 1.165) is 16.8 Å². The van der Waals surface area contributed by atoms with E-state index in [1.165, 1.54) is 34.5 Å². The minimum atomic E-state index is -3.55. The average molecular weight is 527 g/mol. The summed E-state index contributed by atoms with van der Waals surface area (Å²) in [5.74, 6) is 0.611. The number of ether oxygens (including phenoxy) is 1. The van der Waals surface area contributed by atoms with E-state index in [9.17, 15) is 13.2 Å². The fraction of sp³-hybridized carbons (Fsp3) is 0.250. The minimum absolute atomic E-state index is 0.110. The highest BCUT2D eigenvalue weighted by Gasteiger charge is 2.21. The fourth-order valence-corrected chi connectivity index (χ4v) is 5.82. The molecule has 0 spiro atoms. The number of amides is 1. The molecule has 0 radical (unpaired) electrons. The highest BCUT2D eigenvalue weighted by Crippen LogP contribution is 2.27. The maximum atomic E-state index is 12.6. The van der Waals surface area contributed by atoms with Gasteiger partial charge in [-0.2, -0.15) is 9.40 Å². The number of thioether (sulfide) groups is 1. The van der Waals surface area contributed by atoms with Crippen molar-refractivity contribution in [3.8, 4) is 11.4 Å². The Hall–Kier alpha value is -3.48. The number of carbonyl (C=O) groups excluding carboxylic acids is 1. The zero-order valence-corrected chi connectivity index (χ0v) is 21.7. The SMILES string of the molecule is CCN(CC)S(=O)(=O)c1ccc(NC(=O)CSc2ncnc3c2cnn3-c2ccc(OC)cc2)cc1. The third-order valence-electron chi connectivity index (χ3n) is 5.47. The molecule has 0 unspecified atom stereocenters. The fourth-order valence-electron chi connectivity index (χ4n) is 3.60. The van der Waals surface area contributed by atoms with Crippen LogP contribution < -0.4 is 10.1 Å². The number of benzene rings is 2. The number of aromatic nitrogens is 4. The van der Waals surface area contributed by atoms with Crippen molar-refractivity contribution >= 4 is 44.4 Å². The zero-order chi connectivity index (χ0) is 25.7. The Kier molecular flexibility index (Phi) is 7.87. The summed E-state index contributed by atoms with van der Waals surface area (Å²) in [5.41, 5.74) is 1.96. The van der Waals surface area contributed by atoms with Crippen LogP contribution in [0.25, 0.3) is 16.7 Å². The molecule has 2 aromatic carbocycles. The quantitative estimate of drug-likeness (QED) is 0.246. The number of anilines is 1. The normalized spacial score (nSPS) is 11.7. The molecule has 36 heavy (non-hydrogen) atoms. The van der Waals surface area contributed by atoms with Crippen molar-refractivity contribution in [3.63, 3.8) is 0 Å². The first-order chi connectivity index (χ1) is 17.4. The number of nitrogens with zero attached hydrogens (tertiary/aromatic N) is 5. The number of hydrogen-bond donors (Lipinski definition) is 1. The molecule has 2 aromatic heterocycles. The number of nitrogens with one attached hydrogen (secondary N) is 1. The number of hydrogen-bond acceptors (Lipinski definition) is 8. The molecule has 0 atom stereocenters. The third kappa shape index (κ3) is 5.35. The molecule has 0 fully saturated rings. The van der Waals surface area contributed by atoms with Crippen LogP contribution in [0.3, 0.4) is 0 Å². The van der Waals surface area contributed by atoms with Gasteiger partial charge < -0.3 is 10.1 Å². The lowest BCUT2D eigenvalue weighted by molar-refractivity contribution is -0.113. The summed E-state index contributed by atoms with van der Waals surface area (Å²) >= 11 is 1.27. The van der Waals surface area contributed by atoms with Crippen LogP contribution in [0.1, 0.15) is 13.8 Å². The largest absolute Gasteiger partial charge is 0.497 e. The Balaban J connectivity index is 1.42. The molecule has 4 aromatic rings. The van der Waals surface area contributed by atoms with E-state index in [2.05, 4.69) is 20.4 Å². The molecular formula is C24H26N6O4S2. The lowest BCUT2D eigenvalue weighted by Crippen LogP contribution is -2.30. The summed E-state index contributed by atoms with van der Waals surface area (Å²) in [4.78, 5) is 21.4. The van der Waals surface area contributed by atoms with Crippen molar-refractivity contribution in [1.29, 1.82) is 0 Å². The summed E-state index contributed by atoms with van der Waals surface area (Å²) in [7, 11) is -1.94. The van der Waals surface area contributed by atoms with Crippen molar-refractivity contribution in [1.82, 2.24) is 24.1 Å². The van der Waals surface area contributed by atoms with E-state index >= 15 is 0 Å². The van der Waals surface area contributed by atoms with Crippen LogP contribution in [0.4, 0.5) is 5.69 Å². The first kappa shape index (κ1) is 25.6. The molecule has 0 aliphatic heterocycles. The molecule has 0 saturated carbocycles. The second kappa shape index (κ2) is 11.1. The molecule has 4 rings (SSSR count). The summed E-state index contributed by atoms with van der Waals surface area (Å²) < 4.78 is 33.5. The number of fused-ring (bicyclic) bond motifs is 1. The molecule has 2 heterocycles. The van der Waals surface area contributed by atoms with Gasteiger partial charge in [0.15, 0.2) is 5.65 Å². The molecule has 0 aliphatic carbocycles. The van der Waals surface area contributed by atoms with E-state index in [-0.39, 0.29) is 16.6 Å². The van der Waals surface area contributed by atoms with Crippen LogP contribution in [0, 0.1) is 0 Å². The average Bonchev–Trinajstić information content (AvgIpc) is 3.33. The van der Waals surface area contributed by atoms with E-state index in [1.54, 1.807) is 44.0 Å². The Bertz CT molecular complexity index is 1450. The Morgan fingerprint density at radius 2 is 1.75 bits per heavy atom. The number of sulfonamides is 1. The lowest BCUT2D eigenvalue weighted by Gasteiger charge is -2.18. The molecule has 10 nitrogen and oxygen atoms in total. The van der Waals surface area contributed by atoms with Crippen molar-refractivity contribution < 1.29 is 17.9 Å². The first-order valence-electron chi connectivity index (χ1n) is 11.2. The third-order valence-corrected chi connectivity index (χ3v) is 8.54. The predicted molar refractivity (Wildman–Crippen MR) is 139 cm³/mol. The van der Waals surface area contributed by atoms with Crippen LogP contribution in [0.15, 0.2) is 71.0 Å². The second-order valence-electron chi connectivity index (χ2n) is 7.62. The smallest absolute Gasteiger partial charge is 0.243 e. The molecule has 12 heteroatoms. The van der Waals surface area contributed by atoms with Gasteiger partial charge in [-0.1, -0.05) is 25.6 Å². The Labute approximate surface area is 213 Å². The molecule has 0 aliphatic rings. The van der Waals surface area contributed by atoms with Gasteiger partial charge in [0, 0.05) is 18.8 Å². The van der Waals surface area contributed by atoms with Crippen molar-refractivity contribution in [2.45, 2.75) is 23.8 Å². The van der Waals surface area contributed by atoms with Gasteiger partial charge in [-0.25, -0.2) is 23.1 Å². The maximum absolute atomic E-state index is 12.6. The molecule has 0 bridgehead atoms. The Morgan fingerprint density at radius 3 is 2.39 bits per heavy atom.